The first-order valence-corrected chi connectivity index (χ1v) is 8.36. The van der Waals surface area contributed by atoms with Crippen LogP contribution in [0.15, 0.2) is 36.6 Å². The number of sulfone groups is 1. The molecule has 0 amide bonds. The second-order valence-corrected chi connectivity index (χ2v) is 7.36. The summed E-state index contributed by atoms with van der Waals surface area (Å²) in [5, 5.41) is -0.196. The van der Waals surface area contributed by atoms with E-state index in [9.17, 15) is 8.42 Å². The van der Waals surface area contributed by atoms with Crippen LogP contribution >= 0.6 is 0 Å². The maximum atomic E-state index is 11.6. The molecule has 1 aliphatic rings. The Balaban J connectivity index is 1.81. The lowest BCUT2D eigenvalue weighted by Crippen LogP contribution is -2.17. The van der Waals surface area contributed by atoms with E-state index in [1.54, 1.807) is 6.26 Å². The predicted octanol–water partition coefficient (Wildman–Crippen LogP) is 3.03. The van der Waals surface area contributed by atoms with Crippen LogP contribution in [0, 0.1) is 0 Å². The number of hydrogen-bond donors (Lipinski definition) is 0. The lowest BCUT2D eigenvalue weighted by Gasteiger charge is -2.09. The molecule has 0 bridgehead atoms. The van der Waals surface area contributed by atoms with E-state index in [0.29, 0.717) is 18.8 Å². The zero-order valence-electron chi connectivity index (χ0n) is 11.2. The van der Waals surface area contributed by atoms with Crippen molar-refractivity contribution in [3.63, 3.8) is 0 Å². The third-order valence-corrected chi connectivity index (χ3v) is 5.85. The highest BCUT2D eigenvalue weighted by atomic mass is 32.2. The Morgan fingerprint density at radius 2 is 2.11 bits per heavy atom. The summed E-state index contributed by atoms with van der Waals surface area (Å²) < 4.78 is 28.8. The van der Waals surface area contributed by atoms with Gasteiger partial charge in [-0.25, -0.2) is 8.42 Å². The topological polar surface area (TPSA) is 43.4 Å². The van der Waals surface area contributed by atoms with Gasteiger partial charge in [0.1, 0.15) is 0 Å². The first-order chi connectivity index (χ1) is 9.09. The molecular formula is C15H20O3S. The number of hydrogen-bond acceptors (Lipinski definition) is 3. The lowest BCUT2D eigenvalue weighted by molar-refractivity contribution is 0.243. The van der Waals surface area contributed by atoms with Crippen LogP contribution in [0.2, 0.25) is 0 Å². The molecule has 1 unspecified atom stereocenters. The van der Waals surface area contributed by atoms with E-state index in [-0.39, 0.29) is 5.25 Å². The van der Waals surface area contributed by atoms with Gasteiger partial charge in [0.15, 0.2) is 9.84 Å². The lowest BCUT2D eigenvalue weighted by atomic mass is 10.1. The highest BCUT2D eigenvalue weighted by Gasteiger charge is 2.30. The van der Waals surface area contributed by atoms with Crippen LogP contribution in [0.1, 0.15) is 31.7 Å². The van der Waals surface area contributed by atoms with Gasteiger partial charge in [-0.15, -0.1) is 0 Å². The van der Waals surface area contributed by atoms with Gasteiger partial charge in [-0.05, 0) is 37.3 Å². The van der Waals surface area contributed by atoms with Crippen LogP contribution in [0.25, 0.3) is 5.57 Å². The summed E-state index contributed by atoms with van der Waals surface area (Å²) in [5.41, 5.74) is 2.17. The van der Waals surface area contributed by atoms with Gasteiger partial charge in [-0.2, -0.15) is 0 Å². The van der Waals surface area contributed by atoms with Crippen LogP contribution < -0.4 is 0 Å². The molecule has 3 nitrogen and oxygen atoms in total. The Kier molecular flexibility index (Phi) is 4.64. The molecule has 0 saturated carbocycles. The molecule has 1 atom stereocenters. The summed E-state index contributed by atoms with van der Waals surface area (Å²) >= 11 is 0. The van der Waals surface area contributed by atoms with E-state index >= 15 is 0 Å². The predicted molar refractivity (Wildman–Crippen MR) is 77.5 cm³/mol. The van der Waals surface area contributed by atoms with Gasteiger partial charge in [0.05, 0.1) is 23.9 Å². The van der Waals surface area contributed by atoms with E-state index in [4.69, 9.17) is 4.74 Å². The summed E-state index contributed by atoms with van der Waals surface area (Å²) in [4.78, 5) is 0. The van der Waals surface area contributed by atoms with Crippen molar-refractivity contribution < 1.29 is 13.2 Å². The zero-order valence-corrected chi connectivity index (χ0v) is 12.0. The highest BCUT2D eigenvalue weighted by molar-refractivity contribution is 7.92. The Morgan fingerprint density at radius 1 is 1.37 bits per heavy atom. The summed E-state index contributed by atoms with van der Waals surface area (Å²) in [6, 6.07) is 9.99. The first kappa shape index (κ1) is 14.1. The summed E-state index contributed by atoms with van der Waals surface area (Å²) in [6.45, 7) is 2.45. The second-order valence-electron chi connectivity index (χ2n) is 4.96. The van der Waals surface area contributed by atoms with E-state index in [2.05, 4.69) is 0 Å². The summed E-state index contributed by atoms with van der Waals surface area (Å²) in [6.07, 6.45) is 3.90. The van der Waals surface area contributed by atoms with Gasteiger partial charge in [0.2, 0.25) is 0 Å². The smallest absolute Gasteiger partial charge is 0.153 e. The minimum Gasteiger partial charge on any atom is -0.501 e. The quantitative estimate of drug-likeness (QED) is 0.615. The largest absolute Gasteiger partial charge is 0.501 e. The third-order valence-electron chi connectivity index (χ3n) is 3.51. The van der Waals surface area contributed by atoms with Gasteiger partial charge in [0.25, 0.3) is 0 Å². The van der Waals surface area contributed by atoms with Crippen molar-refractivity contribution in [2.75, 3.05) is 12.4 Å². The SMILES string of the molecule is C/C(=C/OCCC1CCCS1(=O)=O)c1ccccc1. The van der Waals surface area contributed by atoms with Crippen molar-refractivity contribution in [2.24, 2.45) is 0 Å². The molecule has 0 aromatic heterocycles. The molecule has 1 aromatic rings. The van der Waals surface area contributed by atoms with Crippen LogP contribution in [0.5, 0.6) is 0 Å². The Morgan fingerprint density at radius 3 is 2.74 bits per heavy atom. The van der Waals surface area contributed by atoms with Crippen molar-refractivity contribution in [3.05, 3.63) is 42.2 Å². The van der Waals surface area contributed by atoms with Crippen molar-refractivity contribution >= 4 is 15.4 Å². The zero-order chi connectivity index (χ0) is 13.7. The minimum atomic E-state index is -2.84. The van der Waals surface area contributed by atoms with E-state index < -0.39 is 9.84 Å². The van der Waals surface area contributed by atoms with Crippen molar-refractivity contribution in [1.29, 1.82) is 0 Å². The molecule has 1 saturated heterocycles. The molecule has 104 valence electrons. The van der Waals surface area contributed by atoms with Crippen molar-refractivity contribution in [3.8, 4) is 0 Å². The molecule has 0 radical (unpaired) electrons. The Labute approximate surface area is 115 Å². The fourth-order valence-electron chi connectivity index (χ4n) is 2.33. The molecule has 0 spiro atoms. The van der Waals surface area contributed by atoms with Crippen molar-refractivity contribution in [2.45, 2.75) is 31.4 Å². The van der Waals surface area contributed by atoms with E-state index in [1.165, 1.54) is 0 Å². The normalized spacial score (nSPS) is 22.4. The number of allylic oxidation sites excluding steroid dienone is 1. The molecule has 0 N–H and O–H groups in total. The second kappa shape index (κ2) is 6.24. The molecule has 1 fully saturated rings. The minimum absolute atomic E-state index is 0.196. The van der Waals surface area contributed by atoms with E-state index in [1.807, 2.05) is 37.3 Å². The molecule has 19 heavy (non-hydrogen) atoms. The highest BCUT2D eigenvalue weighted by Crippen LogP contribution is 2.22. The molecule has 2 rings (SSSR count). The van der Waals surface area contributed by atoms with Gasteiger partial charge < -0.3 is 4.74 Å². The molecule has 4 heteroatoms. The first-order valence-electron chi connectivity index (χ1n) is 6.65. The molecular weight excluding hydrogens is 260 g/mol. The van der Waals surface area contributed by atoms with Gasteiger partial charge >= 0.3 is 0 Å². The fraction of sp³-hybridized carbons (Fsp3) is 0.467. The average molecular weight is 280 g/mol. The third kappa shape index (κ3) is 3.83. The van der Waals surface area contributed by atoms with Gasteiger partial charge in [-0.1, -0.05) is 30.3 Å². The Hall–Kier alpha value is -1.29. The number of ether oxygens (including phenoxy) is 1. The fourth-order valence-corrected chi connectivity index (χ4v) is 4.22. The number of benzene rings is 1. The van der Waals surface area contributed by atoms with Gasteiger partial charge in [0, 0.05) is 0 Å². The monoisotopic (exact) mass is 280 g/mol. The summed E-state index contributed by atoms with van der Waals surface area (Å²) in [5.74, 6) is 0.344. The maximum absolute atomic E-state index is 11.6. The van der Waals surface area contributed by atoms with Gasteiger partial charge in [-0.3, -0.25) is 0 Å². The summed E-state index contributed by atoms with van der Waals surface area (Å²) in [7, 11) is -2.84. The molecule has 1 heterocycles. The molecule has 1 aromatic carbocycles. The van der Waals surface area contributed by atoms with Crippen LogP contribution in [-0.2, 0) is 14.6 Å². The molecule has 0 aliphatic carbocycles. The Bertz CT molecular complexity index is 532. The number of rotatable bonds is 5. The average Bonchev–Trinajstić information content (AvgIpc) is 2.74. The van der Waals surface area contributed by atoms with E-state index in [0.717, 1.165) is 24.0 Å². The van der Waals surface area contributed by atoms with Crippen LogP contribution in [-0.4, -0.2) is 26.0 Å². The van der Waals surface area contributed by atoms with Crippen LogP contribution in [0.4, 0.5) is 0 Å². The van der Waals surface area contributed by atoms with Crippen molar-refractivity contribution in [1.82, 2.24) is 0 Å². The van der Waals surface area contributed by atoms with Crippen LogP contribution in [0.3, 0.4) is 0 Å². The standard InChI is InChI=1S/C15H20O3S/c1-13(14-6-3-2-4-7-14)12-18-10-9-15-8-5-11-19(15,16)17/h2-4,6-7,12,15H,5,8-11H2,1H3/b13-12-. The molecule has 1 aliphatic heterocycles. The maximum Gasteiger partial charge on any atom is 0.153 e.